The Morgan fingerprint density at radius 2 is 2.56 bits per heavy atom. The first kappa shape index (κ1) is 6.33. The molecule has 4 heteroatoms. The normalized spacial score (nSPS) is 9.89. The molecule has 0 fully saturated rings. The van der Waals surface area contributed by atoms with Gasteiger partial charge in [0.1, 0.15) is 7.85 Å². The van der Waals surface area contributed by atoms with Crippen LogP contribution in [-0.4, -0.2) is 22.8 Å². The Labute approximate surface area is 55.5 Å². The van der Waals surface area contributed by atoms with Crippen LogP contribution in [0, 0.1) is 0 Å². The van der Waals surface area contributed by atoms with E-state index in [1.54, 1.807) is 0 Å². The number of aryl methyl sites for hydroxylation is 1. The molecular formula is C5H10BN3. The van der Waals surface area contributed by atoms with Crippen molar-refractivity contribution in [1.82, 2.24) is 15.0 Å². The highest BCUT2D eigenvalue weighted by molar-refractivity contribution is 6.06. The van der Waals surface area contributed by atoms with Gasteiger partial charge >= 0.3 is 0 Å². The molecule has 0 aromatic carbocycles. The largest absolute Gasteiger partial charge is 0.261 e. The fourth-order valence-electron chi connectivity index (χ4n) is 0.655. The van der Waals surface area contributed by atoms with E-state index in [9.17, 15) is 0 Å². The van der Waals surface area contributed by atoms with E-state index < -0.39 is 0 Å². The van der Waals surface area contributed by atoms with E-state index in [2.05, 4.69) is 17.2 Å². The average molecular weight is 123 g/mol. The summed E-state index contributed by atoms with van der Waals surface area (Å²) in [6, 6.07) is 0. The van der Waals surface area contributed by atoms with Gasteiger partial charge in [-0.25, -0.2) is 0 Å². The lowest BCUT2D eigenvalue weighted by molar-refractivity contribution is 0.694. The van der Waals surface area contributed by atoms with Crippen LogP contribution in [0.25, 0.3) is 0 Å². The molecule has 1 aromatic heterocycles. The molecule has 0 aliphatic heterocycles. The zero-order chi connectivity index (χ0) is 6.69. The second kappa shape index (κ2) is 2.66. The molecule has 0 atom stereocenters. The second-order valence-corrected chi connectivity index (χ2v) is 1.92. The Hall–Kier alpha value is -0.795. The molecule has 0 saturated heterocycles. The standard InChI is InChI=1S/C5H10BN3/c1-2-5-3-9(4-6)8-7-5/h3H,2,4,6H2,1H3. The molecule has 48 valence electrons. The van der Waals surface area contributed by atoms with E-state index in [0.29, 0.717) is 0 Å². The molecule has 3 nitrogen and oxygen atoms in total. The molecule has 0 amide bonds. The average Bonchev–Trinajstić information content (AvgIpc) is 2.34. The van der Waals surface area contributed by atoms with Gasteiger partial charge in [-0.05, 0) is 6.42 Å². The minimum atomic E-state index is 0.910. The maximum atomic E-state index is 3.92. The molecular weight excluding hydrogens is 113 g/mol. The van der Waals surface area contributed by atoms with Gasteiger partial charge < -0.3 is 0 Å². The highest BCUT2D eigenvalue weighted by Gasteiger charge is 1.92. The van der Waals surface area contributed by atoms with Crippen LogP contribution in [0.15, 0.2) is 6.20 Å². The monoisotopic (exact) mass is 123 g/mol. The molecule has 1 rings (SSSR count). The van der Waals surface area contributed by atoms with Gasteiger partial charge in [0, 0.05) is 12.6 Å². The molecule has 0 saturated carbocycles. The third kappa shape index (κ3) is 1.31. The van der Waals surface area contributed by atoms with Crippen molar-refractivity contribution >= 4 is 7.85 Å². The van der Waals surface area contributed by atoms with Crippen molar-refractivity contribution < 1.29 is 0 Å². The van der Waals surface area contributed by atoms with Crippen molar-refractivity contribution in [2.45, 2.75) is 19.8 Å². The SMILES string of the molecule is BCn1cc(CC)nn1. The Bertz CT molecular complexity index is 166. The van der Waals surface area contributed by atoms with Crippen LogP contribution in [0.3, 0.4) is 0 Å². The van der Waals surface area contributed by atoms with Gasteiger partial charge in [0.15, 0.2) is 0 Å². The first-order chi connectivity index (χ1) is 4.36. The Morgan fingerprint density at radius 1 is 1.78 bits per heavy atom. The lowest BCUT2D eigenvalue weighted by atomic mass is 10.2. The van der Waals surface area contributed by atoms with Crippen LogP contribution >= 0.6 is 0 Å². The molecule has 0 aliphatic rings. The van der Waals surface area contributed by atoms with Crippen molar-refractivity contribution in [3.8, 4) is 0 Å². The van der Waals surface area contributed by atoms with E-state index in [0.717, 1.165) is 18.6 Å². The number of hydrogen-bond acceptors (Lipinski definition) is 2. The summed E-state index contributed by atoms with van der Waals surface area (Å²) in [5.41, 5.74) is 1.07. The fraction of sp³-hybridized carbons (Fsp3) is 0.600. The van der Waals surface area contributed by atoms with Gasteiger partial charge in [-0.2, -0.15) is 0 Å². The summed E-state index contributed by atoms with van der Waals surface area (Å²) in [7, 11) is 2.05. The van der Waals surface area contributed by atoms with Crippen LogP contribution in [0.1, 0.15) is 12.6 Å². The minimum Gasteiger partial charge on any atom is -0.261 e. The number of aromatic nitrogens is 3. The maximum absolute atomic E-state index is 3.92. The Kier molecular flexibility index (Phi) is 1.87. The Balaban J connectivity index is 2.74. The maximum Gasteiger partial charge on any atom is 0.129 e. The first-order valence-electron chi connectivity index (χ1n) is 3.25. The predicted octanol–water partition coefficient (Wildman–Crippen LogP) is -0.569. The molecule has 0 unspecified atom stereocenters. The number of rotatable bonds is 2. The van der Waals surface area contributed by atoms with E-state index in [4.69, 9.17) is 0 Å². The van der Waals surface area contributed by atoms with Crippen LogP contribution < -0.4 is 0 Å². The molecule has 0 radical (unpaired) electrons. The highest BCUT2D eigenvalue weighted by atomic mass is 15.4. The van der Waals surface area contributed by atoms with Gasteiger partial charge in [0.2, 0.25) is 0 Å². The topological polar surface area (TPSA) is 30.7 Å². The predicted molar refractivity (Wildman–Crippen MR) is 37.9 cm³/mol. The zero-order valence-electron chi connectivity index (χ0n) is 5.83. The van der Waals surface area contributed by atoms with Crippen LogP contribution in [0.2, 0.25) is 0 Å². The molecule has 1 heterocycles. The van der Waals surface area contributed by atoms with Crippen LogP contribution in [-0.2, 0) is 12.9 Å². The van der Waals surface area contributed by atoms with Crippen molar-refractivity contribution in [2.24, 2.45) is 0 Å². The zero-order valence-corrected chi connectivity index (χ0v) is 5.83. The summed E-state index contributed by atoms with van der Waals surface area (Å²) in [4.78, 5) is 0. The van der Waals surface area contributed by atoms with Crippen LogP contribution in [0.5, 0.6) is 0 Å². The summed E-state index contributed by atoms with van der Waals surface area (Å²) >= 11 is 0. The minimum absolute atomic E-state index is 0.910. The van der Waals surface area contributed by atoms with Crippen molar-refractivity contribution in [1.29, 1.82) is 0 Å². The Morgan fingerprint density at radius 3 is 2.89 bits per heavy atom. The molecule has 0 spiro atoms. The second-order valence-electron chi connectivity index (χ2n) is 1.92. The lowest BCUT2D eigenvalue weighted by Crippen LogP contribution is -1.96. The van der Waals surface area contributed by atoms with Gasteiger partial charge in [-0.3, -0.25) is 4.68 Å². The van der Waals surface area contributed by atoms with E-state index in [1.165, 1.54) is 0 Å². The molecule has 0 N–H and O–H groups in total. The summed E-state index contributed by atoms with van der Waals surface area (Å²) in [5, 5.41) is 7.79. The van der Waals surface area contributed by atoms with Crippen molar-refractivity contribution in [3.63, 3.8) is 0 Å². The summed E-state index contributed by atoms with van der Waals surface area (Å²) < 4.78 is 1.83. The third-order valence-corrected chi connectivity index (χ3v) is 1.27. The molecule has 0 bridgehead atoms. The van der Waals surface area contributed by atoms with Gasteiger partial charge in [-0.1, -0.05) is 12.1 Å². The van der Waals surface area contributed by atoms with Crippen molar-refractivity contribution in [2.75, 3.05) is 0 Å². The number of nitrogens with zero attached hydrogens (tertiary/aromatic N) is 3. The quantitative estimate of drug-likeness (QED) is 0.493. The molecule has 0 aliphatic carbocycles. The molecule has 9 heavy (non-hydrogen) atoms. The van der Waals surface area contributed by atoms with Gasteiger partial charge in [0.25, 0.3) is 0 Å². The van der Waals surface area contributed by atoms with E-state index in [1.807, 2.05) is 18.7 Å². The summed E-state index contributed by atoms with van der Waals surface area (Å²) in [5.74, 6) is 0. The summed E-state index contributed by atoms with van der Waals surface area (Å²) in [6.45, 7) is 2.07. The van der Waals surface area contributed by atoms with Crippen molar-refractivity contribution in [3.05, 3.63) is 11.9 Å². The van der Waals surface area contributed by atoms with Crippen LogP contribution in [0.4, 0.5) is 0 Å². The molecule has 1 aromatic rings. The van der Waals surface area contributed by atoms with E-state index >= 15 is 0 Å². The highest BCUT2D eigenvalue weighted by Crippen LogP contribution is 1.90. The smallest absolute Gasteiger partial charge is 0.129 e. The fourth-order valence-corrected chi connectivity index (χ4v) is 0.655. The number of hydrogen-bond donors (Lipinski definition) is 0. The lowest BCUT2D eigenvalue weighted by Gasteiger charge is -1.86. The van der Waals surface area contributed by atoms with E-state index in [-0.39, 0.29) is 0 Å². The summed E-state index contributed by atoms with van der Waals surface area (Å²) in [6.07, 6.45) is 3.85. The van der Waals surface area contributed by atoms with Gasteiger partial charge in [-0.15, -0.1) is 5.10 Å². The first-order valence-corrected chi connectivity index (χ1v) is 3.25. The van der Waals surface area contributed by atoms with Gasteiger partial charge in [0.05, 0.1) is 5.69 Å². The third-order valence-electron chi connectivity index (χ3n) is 1.27.